The molecule has 2 atom stereocenters. The highest BCUT2D eigenvalue weighted by molar-refractivity contribution is 7.93. The minimum Gasteiger partial charge on any atom is -0.466 e. The SMILES string of the molecule is CCOC(=O)C1CCCC1S(=O)(=O)Nc1ccc(Cl)cc1. The van der Waals surface area contributed by atoms with E-state index >= 15 is 0 Å². The third-order valence-corrected chi connectivity index (χ3v) is 5.68. The van der Waals surface area contributed by atoms with Gasteiger partial charge in [0.25, 0.3) is 0 Å². The van der Waals surface area contributed by atoms with Crippen molar-refractivity contribution in [2.75, 3.05) is 11.3 Å². The van der Waals surface area contributed by atoms with Crippen molar-refractivity contribution < 1.29 is 17.9 Å². The molecular formula is C14H18ClNO4S. The minimum atomic E-state index is -3.63. The first kappa shape index (κ1) is 16.1. The average Bonchev–Trinajstić information content (AvgIpc) is 2.92. The Morgan fingerprint density at radius 2 is 2.00 bits per heavy atom. The molecule has 21 heavy (non-hydrogen) atoms. The van der Waals surface area contributed by atoms with Crippen molar-refractivity contribution in [3.63, 3.8) is 0 Å². The van der Waals surface area contributed by atoms with Gasteiger partial charge in [-0.25, -0.2) is 8.42 Å². The van der Waals surface area contributed by atoms with E-state index in [-0.39, 0.29) is 6.61 Å². The molecule has 1 aliphatic rings. The molecule has 0 aliphatic heterocycles. The third kappa shape index (κ3) is 3.89. The molecule has 0 radical (unpaired) electrons. The van der Waals surface area contributed by atoms with Gasteiger partial charge in [0.05, 0.1) is 17.8 Å². The van der Waals surface area contributed by atoms with Crippen LogP contribution in [0.25, 0.3) is 0 Å². The number of benzene rings is 1. The number of halogens is 1. The highest BCUT2D eigenvalue weighted by Crippen LogP contribution is 2.33. The first-order valence-electron chi connectivity index (χ1n) is 6.88. The summed E-state index contributed by atoms with van der Waals surface area (Å²) in [5.74, 6) is -1.02. The van der Waals surface area contributed by atoms with Crippen molar-refractivity contribution in [3.05, 3.63) is 29.3 Å². The minimum absolute atomic E-state index is 0.257. The first-order valence-corrected chi connectivity index (χ1v) is 8.80. The normalized spacial score (nSPS) is 22.0. The van der Waals surface area contributed by atoms with Crippen LogP contribution >= 0.6 is 11.6 Å². The van der Waals surface area contributed by atoms with E-state index < -0.39 is 27.2 Å². The maximum atomic E-state index is 12.5. The summed E-state index contributed by atoms with van der Waals surface area (Å²) >= 11 is 5.77. The summed E-state index contributed by atoms with van der Waals surface area (Å²) in [4.78, 5) is 11.9. The van der Waals surface area contributed by atoms with Crippen LogP contribution in [0.4, 0.5) is 5.69 Å². The molecule has 116 valence electrons. The van der Waals surface area contributed by atoms with Crippen molar-refractivity contribution in [1.29, 1.82) is 0 Å². The Morgan fingerprint density at radius 3 is 2.62 bits per heavy atom. The molecule has 5 nitrogen and oxygen atoms in total. The number of carbonyl (C=O) groups excluding carboxylic acids is 1. The summed E-state index contributed by atoms with van der Waals surface area (Å²) in [6.07, 6.45) is 1.72. The summed E-state index contributed by atoms with van der Waals surface area (Å²) in [6.45, 7) is 1.97. The molecule has 0 saturated heterocycles. The Labute approximate surface area is 129 Å². The fourth-order valence-electron chi connectivity index (χ4n) is 2.57. The third-order valence-electron chi connectivity index (χ3n) is 3.54. The molecule has 0 heterocycles. The largest absolute Gasteiger partial charge is 0.466 e. The molecule has 1 aromatic carbocycles. The van der Waals surface area contributed by atoms with Crippen LogP contribution in [0.2, 0.25) is 5.02 Å². The number of carbonyl (C=O) groups is 1. The van der Waals surface area contributed by atoms with Gasteiger partial charge in [0.15, 0.2) is 0 Å². The monoisotopic (exact) mass is 331 g/mol. The fraction of sp³-hybridized carbons (Fsp3) is 0.500. The lowest BCUT2D eigenvalue weighted by Gasteiger charge is -2.19. The zero-order chi connectivity index (χ0) is 15.5. The number of ether oxygens (including phenoxy) is 1. The Kier molecular flexibility index (Phi) is 5.11. The lowest BCUT2D eigenvalue weighted by Crippen LogP contribution is -2.35. The summed E-state index contributed by atoms with van der Waals surface area (Å²) < 4.78 is 32.4. The maximum absolute atomic E-state index is 12.5. The molecule has 2 unspecified atom stereocenters. The van der Waals surface area contributed by atoms with E-state index in [1.165, 1.54) is 0 Å². The second kappa shape index (κ2) is 6.66. The van der Waals surface area contributed by atoms with Gasteiger partial charge in [-0.05, 0) is 44.0 Å². The molecule has 0 amide bonds. The van der Waals surface area contributed by atoms with Gasteiger partial charge >= 0.3 is 5.97 Å². The number of rotatable bonds is 5. The summed E-state index contributed by atoms with van der Waals surface area (Å²) in [5, 5.41) is -0.213. The van der Waals surface area contributed by atoms with Crippen LogP contribution in [0.5, 0.6) is 0 Å². The van der Waals surface area contributed by atoms with Crippen LogP contribution in [0.1, 0.15) is 26.2 Å². The lowest BCUT2D eigenvalue weighted by molar-refractivity contribution is -0.147. The molecule has 2 rings (SSSR count). The Balaban J connectivity index is 2.14. The molecule has 0 spiro atoms. The molecule has 0 aromatic heterocycles. The second-order valence-corrected chi connectivity index (χ2v) is 7.32. The van der Waals surface area contributed by atoms with Gasteiger partial charge in [0, 0.05) is 10.7 Å². The second-order valence-electron chi connectivity index (χ2n) is 4.98. The van der Waals surface area contributed by atoms with Crippen molar-refractivity contribution in [2.45, 2.75) is 31.4 Å². The highest BCUT2D eigenvalue weighted by atomic mass is 35.5. The molecule has 1 N–H and O–H groups in total. The van der Waals surface area contributed by atoms with Crippen molar-refractivity contribution in [3.8, 4) is 0 Å². The van der Waals surface area contributed by atoms with E-state index in [4.69, 9.17) is 16.3 Å². The summed E-state index contributed by atoms with van der Waals surface area (Å²) in [6, 6.07) is 6.40. The van der Waals surface area contributed by atoms with E-state index in [9.17, 15) is 13.2 Å². The Hall–Kier alpha value is -1.27. The van der Waals surface area contributed by atoms with Crippen molar-refractivity contribution in [1.82, 2.24) is 0 Å². The number of sulfonamides is 1. The van der Waals surface area contributed by atoms with E-state index in [2.05, 4.69) is 4.72 Å². The fourth-order valence-corrected chi connectivity index (χ4v) is 4.47. The predicted octanol–water partition coefficient (Wildman–Crippen LogP) is 2.81. The standard InChI is InChI=1S/C14H18ClNO4S/c1-2-20-14(17)12-4-3-5-13(12)21(18,19)16-11-8-6-10(15)7-9-11/h6-9,12-13,16H,2-5H2,1H3. The Bertz CT molecular complexity index is 600. The van der Waals surface area contributed by atoms with Crippen LogP contribution in [0, 0.1) is 5.92 Å². The van der Waals surface area contributed by atoms with Gasteiger partial charge in [-0.1, -0.05) is 18.0 Å². The molecule has 1 aromatic rings. The van der Waals surface area contributed by atoms with Gasteiger partial charge < -0.3 is 4.74 Å². The number of anilines is 1. The molecule has 1 saturated carbocycles. The molecular weight excluding hydrogens is 314 g/mol. The molecule has 0 bridgehead atoms. The summed E-state index contributed by atoms with van der Waals surface area (Å²) in [5.41, 5.74) is 0.439. The van der Waals surface area contributed by atoms with Crippen LogP contribution in [0.3, 0.4) is 0 Å². The van der Waals surface area contributed by atoms with E-state index in [0.29, 0.717) is 30.0 Å². The molecule has 7 heteroatoms. The number of nitrogens with one attached hydrogen (secondary N) is 1. The topological polar surface area (TPSA) is 72.5 Å². The predicted molar refractivity (Wildman–Crippen MR) is 81.8 cm³/mol. The van der Waals surface area contributed by atoms with Crippen molar-refractivity contribution >= 4 is 33.3 Å². The zero-order valence-corrected chi connectivity index (χ0v) is 13.3. The average molecular weight is 332 g/mol. The first-order chi connectivity index (χ1) is 9.94. The summed E-state index contributed by atoms with van der Waals surface area (Å²) in [7, 11) is -3.63. The van der Waals surface area contributed by atoms with Gasteiger partial charge in [0.1, 0.15) is 0 Å². The zero-order valence-electron chi connectivity index (χ0n) is 11.7. The maximum Gasteiger partial charge on any atom is 0.310 e. The highest BCUT2D eigenvalue weighted by Gasteiger charge is 2.42. The Morgan fingerprint density at radius 1 is 1.33 bits per heavy atom. The van der Waals surface area contributed by atoms with Crippen LogP contribution in [-0.2, 0) is 19.6 Å². The van der Waals surface area contributed by atoms with Gasteiger partial charge in [0.2, 0.25) is 10.0 Å². The van der Waals surface area contributed by atoms with Gasteiger partial charge in [-0.2, -0.15) is 0 Å². The molecule has 1 fully saturated rings. The smallest absolute Gasteiger partial charge is 0.310 e. The van der Waals surface area contributed by atoms with Gasteiger partial charge in [-0.3, -0.25) is 9.52 Å². The van der Waals surface area contributed by atoms with E-state index in [1.54, 1.807) is 31.2 Å². The van der Waals surface area contributed by atoms with Crippen LogP contribution < -0.4 is 4.72 Å². The number of esters is 1. The number of hydrogen-bond donors (Lipinski definition) is 1. The number of hydrogen-bond acceptors (Lipinski definition) is 4. The molecule has 1 aliphatic carbocycles. The van der Waals surface area contributed by atoms with Gasteiger partial charge in [-0.15, -0.1) is 0 Å². The quantitative estimate of drug-likeness (QED) is 0.842. The lowest BCUT2D eigenvalue weighted by atomic mass is 10.1. The van der Waals surface area contributed by atoms with Crippen LogP contribution in [0.15, 0.2) is 24.3 Å². The van der Waals surface area contributed by atoms with E-state index in [1.807, 2.05) is 0 Å². The van der Waals surface area contributed by atoms with Crippen LogP contribution in [-0.4, -0.2) is 26.2 Å². The van der Waals surface area contributed by atoms with E-state index in [0.717, 1.165) is 0 Å². The van der Waals surface area contributed by atoms with Crippen molar-refractivity contribution in [2.24, 2.45) is 5.92 Å².